The Kier molecular flexibility index (Phi) is 4.43. The molecule has 0 unspecified atom stereocenters. The predicted molar refractivity (Wildman–Crippen MR) is 71.4 cm³/mol. The summed E-state index contributed by atoms with van der Waals surface area (Å²) in [6.45, 7) is 11.1. The van der Waals surface area contributed by atoms with Crippen LogP contribution < -0.4 is 0 Å². The lowest BCUT2D eigenvalue weighted by Crippen LogP contribution is -2.46. The number of nitrogens with zero attached hydrogens (tertiary/aromatic N) is 1. The van der Waals surface area contributed by atoms with Crippen LogP contribution in [0.15, 0.2) is 11.6 Å². The highest BCUT2D eigenvalue weighted by atomic mass is 16.6. The lowest BCUT2D eigenvalue weighted by Gasteiger charge is -2.40. The monoisotopic (exact) mass is 255 g/mol. The summed E-state index contributed by atoms with van der Waals surface area (Å²) in [6, 6.07) is 0. The molecule has 0 radical (unpaired) electrons. The Balaban J connectivity index is 2.69. The van der Waals surface area contributed by atoms with Gasteiger partial charge in [0.15, 0.2) is 0 Å². The van der Waals surface area contributed by atoms with Crippen molar-refractivity contribution >= 4 is 6.09 Å². The van der Waals surface area contributed by atoms with Crippen molar-refractivity contribution < 1.29 is 14.6 Å². The van der Waals surface area contributed by atoms with Crippen LogP contribution in [0.2, 0.25) is 0 Å². The fourth-order valence-electron chi connectivity index (χ4n) is 2.22. The predicted octanol–water partition coefficient (Wildman–Crippen LogP) is 2.57. The first-order valence-corrected chi connectivity index (χ1v) is 6.44. The maximum Gasteiger partial charge on any atom is 0.410 e. The van der Waals surface area contributed by atoms with Gasteiger partial charge in [-0.1, -0.05) is 25.5 Å². The number of carbonyl (C=O) groups is 1. The molecule has 18 heavy (non-hydrogen) atoms. The average Bonchev–Trinajstić information content (AvgIpc) is 2.18. The van der Waals surface area contributed by atoms with Crippen molar-refractivity contribution in [2.75, 3.05) is 19.7 Å². The zero-order chi connectivity index (χ0) is 14.0. The molecule has 0 saturated carbocycles. The Bertz CT molecular complexity index is 339. The zero-order valence-corrected chi connectivity index (χ0v) is 12.1. The van der Waals surface area contributed by atoms with Crippen LogP contribution in [0, 0.1) is 5.41 Å². The molecule has 104 valence electrons. The van der Waals surface area contributed by atoms with Crippen LogP contribution in [-0.2, 0) is 4.74 Å². The topological polar surface area (TPSA) is 49.8 Å². The fourth-order valence-corrected chi connectivity index (χ4v) is 2.22. The molecule has 0 aromatic heterocycles. The van der Waals surface area contributed by atoms with Gasteiger partial charge in [-0.2, -0.15) is 0 Å². The summed E-state index contributed by atoms with van der Waals surface area (Å²) < 4.78 is 5.38. The average molecular weight is 255 g/mol. The van der Waals surface area contributed by atoms with Crippen molar-refractivity contribution in [1.29, 1.82) is 0 Å². The van der Waals surface area contributed by atoms with Crippen LogP contribution in [0.25, 0.3) is 0 Å². The number of rotatable bonds is 1. The van der Waals surface area contributed by atoms with Gasteiger partial charge in [0, 0.05) is 18.5 Å². The highest BCUT2D eigenvalue weighted by Gasteiger charge is 2.34. The molecule has 0 aromatic rings. The van der Waals surface area contributed by atoms with Crippen molar-refractivity contribution in [2.24, 2.45) is 5.41 Å². The van der Waals surface area contributed by atoms with E-state index in [2.05, 4.69) is 13.8 Å². The SMILES string of the molecule is CC(C)(C)OC(=O)N1CC/C(=C/CO)C(C)(C)C1. The number of hydrogen-bond acceptors (Lipinski definition) is 3. The number of aliphatic hydroxyl groups is 1. The van der Waals surface area contributed by atoms with Gasteiger partial charge in [-0.15, -0.1) is 0 Å². The molecule has 0 atom stereocenters. The van der Waals surface area contributed by atoms with Crippen LogP contribution in [0.5, 0.6) is 0 Å². The summed E-state index contributed by atoms with van der Waals surface area (Å²) in [5, 5.41) is 9.00. The van der Waals surface area contributed by atoms with Crippen LogP contribution in [0.3, 0.4) is 0 Å². The Labute approximate surface area is 110 Å². The van der Waals surface area contributed by atoms with Gasteiger partial charge >= 0.3 is 6.09 Å². The van der Waals surface area contributed by atoms with E-state index in [-0.39, 0.29) is 18.1 Å². The Morgan fingerprint density at radius 1 is 1.50 bits per heavy atom. The maximum absolute atomic E-state index is 12.0. The largest absolute Gasteiger partial charge is 0.444 e. The molecule has 0 spiro atoms. The molecule has 0 aromatic carbocycles. The van der Waals surface area contributed by atoms with Gasteiger partial charge in [0.2, 0.25) is 0 Å². The second-order valence-corrected chi connectivity index (χ2v) is 6.45. The summed E-state index contributed by atoms with van der Waals surface area (Å²) >= 11 is 0. The molecule has 1 saturated heterocycles. The first-order valence-electron chi connectivity index (χ1n) is 6.44. The fraction of sp³-hybridized carbons (Fsp3) is 0.786. The molecule has 0 bridgehead atoms. The van der Waals surface area contributed by atoms with Crippen molar-refractivity contribution in [3.63, 3.8) is 0 Å². The van der Waals surface area contributed by atoms with E-state index in [1.54, 1.807) is 4.90 Å². The number of likely N-dealkylation sites (tertiary alicyclic amines) is 1. The van der Waals surface area contributed by atoms with Gasteiger partial charge in [0.25, 0.3) is 0 Å². The Hall–Kier alpha value is -1.03. The van der Waals surface area contributed by atoms with E-state index in [1.807, 2.05) is 26.8 Å². The number of amides is 1. The Morgan fingerprint density at radius 3 is 2.56 bits per heavy atom. The van der Waals surface area contributed by atoms with Gasteiger partial charge in [-0.25, -0.2) is 4.79 Å². The van der Waals surface area contributed by atoms with Crippen LogP contribution in [0.1, 0.15) is 41.0 Å². The first kappa shape index (κ1) is 15.0. The maximum atomic E-state index is 12.0. The third-order valence-electron chi connectivity index (χ3n) is 3.10. The van der Waals surface area contributed by atoms with E-state index in [0.29, 0.717) is 13.1 Å². The first-order chi connectivity index (χ1) is 8.15. The van der Waals surface area contributed by atoms with Crippen molar-refractivity contribution in [2.45, 2.75) is 46.6 Å². The number of carbonyl (C=O) groups excluding carboxylic acids is 1. The van der Waals surface area contributed by atoms with E-state index in [9.17, 15) is 4.79 Å². The second kappa shape index (κ2) is 5.31. The lowest BCUT2D eigenvalue weighted by molar-refractivity contribution is 0.0156. The van der Waals surface area contributed by atoms with Crippen LogP contribution in [0.4, 0.5) is 4.79 Å². The minimum absolute atomic E-state index is 0.0607. The molecular formula is C14H25NO3. The van der Waals surface area contributed by atoms with Crippen molar-refractivity contribution in [3.8, 4) is 0 Å². The van der Waals surface area contributed by atoms with E-state index >= 15 is 0 Å². The highest BCUT2D eigenvalue weighted by molar-refractivity contribution is 5.68. The molecule has 1 amide bonds. The molecule has 0 aliphatic carbocycles. The smallest absolute Gasteiger partial charge is 0.410 e. The van der Waals surface area contributed by atoms with Crippen LogP contribution in [-0.4, -0.2) is 41.4 Å². The second-order valence-electron chi connectivity index (χ2n) is 6.45. The summed E-state index contributed by atoms with van der Waals surface area (Å²) in [5.41, 5.74) is 0.658. The minimum atomic E-state index is -0.456. The Morgan fingerprint density at radius 2 is 2.11 bits per heavy atom. The third-order valence-corrected chi connectivity index (χ3v) is 3.10. The van der Waals surface area contributed by atoms with E-state index < -0.39 is 5.60 Å². The normalized spacial score (nSPS) is 22.1. The van der Waals surface area contributed by atoms with Crippen molar-refractivity contribution in [3.05, 3.63) is 11.6 Å². The van der Waals surface area contributed by atoms with Gasteiger partial charge < -0.3 is 14.7 Å². The lowest BCUT2D eigenvalue weighted by atomic mass is 9.79. The summed E-state index contributed by atoms with van der Waals surface area (Å²) in [5.74, 6) is 0. The number of ether oxygens (including phenoxy) is 1. The van der Waals surface area contributed by atoms with E-state index in [1.165, 1.54) is 5.57 Å². The molecular weight excluding hydrogens is 230 g/mol. The molecule has 1 fully saturated rings. The summed E-state index contributed by atoms with van der Waals surface area (Å²) in [6.07, 6.45) is 2.40. The van der Waals surface area contributed by atoms with Gasteiger partial charge in [0.1, 0.15) is 5.60 Å². The molecule has 1 heterocycles. The van der Waals surface area contributed by atoms with Crippen molar-refractivity contribution in [1.82, 2.24) is 4.90 Å². The quantitative estimate of drug-likeness (QED) is 0.733. The van der Waals surface area contributed by atoms with Crippen LogP contribution >= 0.6 is 0 Å². The number of piperidine rings is 1. The number of hydrogen-bond donors (Lipinski definition) is 1. The standard InChI is InChI=1S/C14H25NO3/c1-13(2,3)18-12(17)15-8-6-11(7-9-16)14(4,5)10-15/h7,16H,6,8-10H2,1-5H3/b11-7-. The molecule has 4 heteroatoms. The zero-order valence-electron chi connectivity index (χ0n) is 12.1. The van der Waals surface area contributed by atoms with Gasteiger partial charge in [-0.3, -0.25) is 0 Å². The highest BCUT2D eigenvalue weighted by Crippen LogP contribution is 2.34. The van der Waals surface area contributed by atoms with Gasteiger partial charge in [-0.05, 0) is 27.2 Å². The number of aliphatic hydroxyl groups excluding tert-OH is 1. The molecule has 1 N–H and O–H groups in total. The van der Waals surface area contributed by atoms with E-state index in [4.69, 9.17) is 9.84 Å². The molecule has 1 aliphatic rings. The summed E-state index contributed by atoms with van der Waals surface area (Å²) in [4.78, 5) is 13.8. The molecule has 1 rings (SSSR count). The molecule has 4 nitrogen and oxygen atoms in total. The van der Waals surface area contributed by atoms with Gasteiger partial charge in [0.05, 0.1) is 6.61 Å². The van der Waals surface area contributed by atoms with E-state index in [0.717, 1.165) is 6.42 Å². The minimum Gasteiger partial charge on any atom is -0.444 e. The molecule has 1 aliphatic heterocycles. The third kappa shape index (κ3) is 4.02. The summed E-state index contributed by atoms with van der Waals surface area (Å²) in [7, 11) is 0.